The Morgan fingerprint density at radius 1 is 1.33 bits per heavy atom. The van der Waals surface area contributed by atoms with Crippen molar-refractivity contribution in [3.8, 4) is 5.75 Å². The molecule has 0 saturated carbocycles. The van der Waals surface area contributed by atoms with Crippen LogP contribution in [0.5, 0.6) is 5.75 Å². The number of amides is 1. The highest BCUT2D eigenvalue weighted by molar-refractivity contribution is 7.89. The zero-order chi connectivity index (χ0) is 20.0. The Morgan fingerprint density at radius 2 is 2.07 bits per heavy atom. The molecular weight excluding hydrogens is 376 g/mol. The van der Waals surface area contributed by atoms with Gasteiger partial charge in [-0.15, -0.1) is 0 Å². The molecule has 1 aliphatic heterocycles. The van der Waals surface area contributed by atoms with E-state index in [1.807, 2.05) is 0 Å². The molecule has 0 unspecified atom stereocenters. The van der Waals surface area contributed by atoms with Gasteiger partial charge in [0, 0.05) is 27.2 Å². The van der Waals surface area contributed by atoms with Gasteiger partial charge in [-0.05, 0) is 31.0 Å². The lowest BCUT2D eigenvalue weighted by Crippen LogP contribution is -2.34. The van der Waals surface area contributed by atoms with Crippen LogP contribution in [0.2, 0.25) is 0 Å². The van der Waals surface area contributed by atoms with E-state index in [4.69, 9.17) is 14.2 Å². The molecule has 2 rings (SSSR count). The number of benzene rings is 1. The Bertz CT molecular complexity index is 786. The molecule has 1 aromatic carbocycles. The zero-order valence-corrected chi connectivity index (χ0v) is 16.4. The second-order valence-electron chi connectivity index (χ2n) is 6.17. The van der Waals surface area contributed by atoms with E-state index in [0.29, 0.717) is 13.2 Å². The number of rotatable bonds is 8. The van der Waals surface area contributed by atoms with E-state index in [1.165, 1.54) is 39.4 Å². The van der Waals surface area contributed by atoms with E-state index >= 15 is 0 Å². The number of ether oxygens (including phenoxy) is 3. The minimum atomic E-state index is -3.82. The summed E-state index contributed by atoms with van der Waals surface area (Å²) in [6.45, 7) is 0.586. The maximum atomic E-state index is 12.4. The first-order chi connectivity index (χ1) is 12.8. The van der Waals surface area contributed by atoms with E-state index < -0.39 is 28.5 Å². The Labute approximate surface area is 158 Å². The Morgan fingerprint density at radius 3 is 2.67 bits per heavy atom. The normalized spacial score (nSPS) is 17.0. The molecule has 0 bridgehead atoms. The average Bonchev–Trinajstić information content (AvgIpc) is 3.17. The van der Waals surface area contributed by atoms with Gasteiger partial charge in [0.1, 0.15) is 10.6 Å². The van der Waals surface area contributed by atoms with Gasteiger partial charge in [-0.2, -0.15) is 0 Å². The van der Waals surface area contributed by atoms with E-state index in [0.717, 1.165) is 17.1 Å². The third kappa shape index (κ3) is 5.41. The fraction of sp³-hybridized carbons (Fsp3) is 0.529. The van der Waals surface area contributed by atoms with Crippen molar-refractivity contribution in [1.29, 1.82) is 0 Å². The predicted molar refractivity (Wildman–Crippen MR) is 96.1 cm³/mol. The monoisotopic (exact) mass is 400 g/mol. The van der Waals surface area contributed by atoms with Crippen LogP contribution >= 0.6 is 0 Å². The van der Waals surface area contributed by atoms with Gasteiger partial charge in [0.15, 0.2) is 6.61 Å². The Kier molecular flexibility index (Phi) is 7.17. The summed E-state index contributed by atoms with van der Waals surface area (Å²) >= 11 is 0. The van der Waals surface area contributed by atoms with Crippen molar-refractivity contribution in [3.05, 3.63) is 23.8 Å². The summed E-state index contributed by atoms with van der Waals surface area (Å²) < 4.78 is 41.2. The van der Waals surface area contributed by atoms with Gasteiger partial charge in [0.25, 0.3) is 5.91 Å². The summed E-state index contributed by atoms with van der Waals surface area (Å²) in [5, 5.41) is 2.64. The number of carbonyl (C=O) groups is 2. The molecule has 1 saturated heterocycles. The van der Waals surface area contributed by atoms with Gasteiger partial charge in [-0.25, -0.2) is 17.5 Å². The van der Waals surface area contributed by atoms with Gasteiger partial charge >= 0.3 is 5.97 Å². The number of sulfonamides is 1. The predicted octanol–water partition coefficient (Wildman–Crippen LogP) is 0.398. The first-order valence-electron chi connectivity index (χ1n) is 8.41. The summed E-state index contributed by atoms with van der Waals surface area (Å²) in [5.41, 5.74) is 0.00292. The van der Waals surface area contributed by atoms with Gasteiger partial charge in [-0.3, -0.25) is 4.79 Å². The first-order valence-corrected chi connectivity index (χ1v) is 9.85. The summed E-state index contributed by atoms with van der Waals surface area (Å²) in [6, 6.07) is 3.91. The lowest BCUT2D eigenvalue weighted by Gasteiger charge is -2.15. The number of carbonyl (C=O) groups excluding carboxylic acids is 2. The number of hydrogen-bond acceptors (Lipinski definition) is 7. The largest absolute Gasteiger partial charge is 0.495 e. The number of hydrogen-bond donors (Lipinski definition) is 1. The molecule has 0 spiro atoms. The fourth-order valence-corrected chi connectivity index (χ4v) is 3.58. The van der Waals surface area contributed by atoms with Gasteiger partial charge in [0.2, 0.25) is 10.0 Å². The molecule has 1 heterocycles. The van der Waals surface area contributed by atoms with E-state index in [9.17, 15) is 18.0 Å². The van der Waals surface area contributed by atoms with Crippen molar-refractivity contribution in [2.75, 3.05) is 41.0 Å². The van der Waals surface area contributed by atoms with Crippen molar-refractivity contribution in [2.45, 2.75) is 23.8 Å². The van der Waals surface area contributed by atoms with Gasteiger partial charge in [-0.1, -0.05) is 0 Å². The van der Waals surface area contributed by atoms with E-state index in [1.54, 1.807) is 0 Å². The van der Waals surface area contributed by atoms with Crippen LogP contribution in [-0.4, -0.2) is 71.7 Å². The number of nitrogens with one attached hydrogen (secondary N) is 1. The Hall–Kier alpha value is -2.17. The summed E-state index contributed by atoms with van der Waals surface area (Å²) in [4.78, 5) is 23.8. The SMILES string of the molecule is COc1ccc(C(=O)OCC(=O)NC[C@@H]2CCCO2)cc1S(=O)(=O)N(C)C. The molecule has 1 N–H and O–H groups in total. The highest BCUT2D eigenvalue weighted by Gasteiger charge is 2.24. The molecule has 150 valence electrons. The minimum Gasteiger partial charge on any atom is -0.495 e. The van der Waals surface area contributed by atoms with E-state index in [2.05, 4.69) is 5.32 Å². The lowest BCUT2D eigenvalue weighted by molar-refractivity contribution is -0.124. The average molecular weight is 400 g/mol. The van der Waals surface area contributed by atoms with Crippen molar-refractivity contribution < 1.29 is 32.2 Å². The molecule has 1 atom stereocenters. The van der Waals surface area contributed by atoms with Crippen LogP contribution < -0.4 is 10.1 Å². The van der Waals surface area contributed by atoms with Crippen LogP contribution in [0.25, 0.3) is 0 Å². The maximum Gasteiger partial charge on any atom is 0.338 e. The molecule has 0 radical (unpaired) electrons. The van der Waals surface area contributed by atoms with Crippen molar-refractivity contribution in [2.24, 2.45) is 0 Å². The molecule has 0 aromatic heterocycles. The highest BCUT2D eigenvalue weighted by Crippen LogP contribution is 2.27. The number of methoxy groups -OCH3 is 1. The third-order valence-corrected chi connectivity index (χ3v) is 5.88. The molecule has 9 nitrogen and oxygen atoms in total. The molecular formula is C17H24N2O7S. The van der Waals surface area contributed by atoms with Crippen molar-refractivity contribution >= 4 is 21.9 Å². The smallest absolute Gasteiger partial charge is 0.338 e. The maximum absolute atomic E-state index is 12.4. The third-order valence-electron chi connectivity index (χ3n) is 4.04. The lowest BCUT2D eigenvalue weighted by atomic mass is 10.2. The second-order valence-corrected chi connectivity index (χ2v) is 8.29. The standard InChI is InChI=1S/C17H24N2O7S/c1-19(2)27(22,23)15-9-12(6-7-14(15)24-3)17(21)26-11-16(20)18-10-13-5-4-8-25-13/h6-7,9,13H,4-5,8,10-11H2,1-3H3,(H,18,20)/t13-/m0/s1. The van der Waals surface area contributed by atoms with Crippen LogP contribution in [0.3, 0.4) is 0 Å². The van der Waals surface area contributed by atoms with Crippen LogP contribution in [0.4, 0.5) is 0 Å². The quantitative estimate of drug-likeness (QED) is 0.629. The van der Waals surface area contributed by atoms with Gasteiger partial charge < -0.3 is 19.5 Å². The van der Waals surface area contributed by atoms with Gasteiger partial charge in [0.05, 0.1) is 18.8 Å². The summed E-state index contributed by atoms with van der Waals surface area (Å²) in [5.74, 6) is -1.15. The van der Waals surface area contributed by atoms with Crippen LogP contribution in [-0.2, 0) is 24.3 Å². The molecule has 0 aliphatic carbocycles. The van der Waals surface area contributed by atoms with Crippen LogP contribution in [0.15, 0.2) is 23.1 Å². The van der Waals surface area contributed by atoms with Crippen molar-refractivity contribution in [3.63, 3.8) is 0 Å². The fourth-order valence-electron chi connectivity index (χ4n) is 2.50. The molecule has 27 heavy (non-hydrogen) atoms. The topological polar surface area (TPSA) is 111 Å². The van der Waals surface area contributed by atoms with E-state index in [-0.39, 0.29) is 22.3 Å². The van der Waals surface area contributed by atoms with Crippen molar-refractivity contribution in [1.82, 2.24) is 9.62 Å². The molecule has 1 aliphatic rings. The zero-order valence-electron chi connectivity index (χ0n) is 15.6. The number of esters is 1. The summed E-state index contributed by atoms with van der Waals surface area (Å²) in [6.07, 6.45) is 1.84. The Balaban J connectivity index is 2.00. The first kappa shape index (κ1) is 21.1. The molecule has 10 heteroatoms. The number of nitrogens with zero attached hydrogens (tertiary/aromatic N) is 1. The molecule has 1 amide bonds. The van der Waals surface area contributed by atoms with Crippen LogP contribution in [0.1, 0.15) is 23.2 Å². The van der Waals surface area contributed by atoms with Crippen LogP contribution in [0, 0.1) is 0 Å². The molecule has 1 fully saturated rings. The minimum absolute atomic E-state index is 0.00292. The summed E-state index contributed by atoms with van der Waals surface area (Å²) in [7, 11) is 0.262. The molecule has 1 aromatic rings. The highest BCUT2D eigenvalue weighted by atomic mass is 32.2. The second kappa shape index (κ2) is 9.16.